The Morgan fingerprint density at radius 1 is 1.22 bits per heavy atom. The highest BCUT2D eigenvalue weighted by Gasteiger charge is 2.36. The smallest absolute Gasteiger partial charge is 0.229 e. The molecule has 3 rings (SSSR count). The highest BCUT2D eigenvalue weighted by molar-refractivity contribution is 6.04. The largest absolute Gasteiger partial charge is 0.326 e. The van der Waals surface area contributed by atoms with Crippen molar-refractivity contribution in [3.8, 4) is 0 Å². The van der Waals surface area contributed by atoms with E-state index in [-0.39, 0.29) is 24.2 Å². The van der Waals surface area contributed by atoms with Crippen LogP contribution in [-0.2, 0) is 9.59 Å². The fraction of sp³-hybridized carbons (Fsp3) is 0.391. The van der Waals surface area contributed by atoms with E-state index in [0.29, 0.717) is 12.5 Å². The standard InChI is InChI=1S/C23H28N2O2/c1-5-16(3)19-8-6-7-9-21(19)25-14-18(13-22(25)26)23(27)24-20-11-10-15(2)12-17(20)4/h6-12,16,18H,5,13-14H2,1-4H3,(H,24,27)/t16-,18+/m0/s1. The van der Waals surface area contributed by atoms with Crippen molar-refractivity contribution < 1.29 is 9.59 Å². The Labute approximate surface area is 161 Å². The molecular formula is C23H28N2O2. The van der Waals surface area contributed by atoms with Gasteiger partial charge in [-0.2, -0.15) is 0 Å². The quantitative estimate of drug-likeness (QED) is 0.828. The van der Waals surface area contributed by atoms with Crippen molar-refractivity contribution in [2.75, 3.05) is 16.8 Å². The predicted molar refractivity (Wildman–Crippen MR) is 110 cm³/mol. The fourth-order valence-electron chi connectivity index (χ4n) is 3.67. The third kappa shape index (κ3) is 4.05. The van der Waals surface area contributed by atoms with Crippen molar-refractivity contribution in [2.24, 2.45) is 5.92 Å². The van der Waals surface area contributed by atoms with Crippen LogP contribution in [0.5, 0.6) is 0 Å². The van der Waals surface area contributed by atoms with Gasteiger partial charge in [-0.3, -0.25) is 9.59 Å². The van der Waals surface area contributed by atoms with Crippen LogP contribution in [0, 0.1) is 19.8 Å². The molecule has 4 heteroatoms. The lowest BCUT2D eigenvalue weighted by Crippen LogP contribution is -2.29. The molecule has 0 unspecified atom stereocenters. The number of anilines is 2. The summed E-state index contributed by atoms with van der Waals surface area (Å²) < 4.78 is 0. The number of benzene rings is 2. The maximum Gasteiger partial charge on any atom is 0.229 e. The van der Waals surface area contributed by atoms with Crippen LogP contribution in [0.25, 0.3) is 0 Å². The van der Waals surface area contributed by atoms with Crippen molar-refractivity contribution in [1.29, 1.82) is 0 Å². The molecule has 0 aromatic heterocycles. The first kappa shape index (κ1) is 19.2. The summed E-state index contributed by atoms with van der Waals surface area (Å²) in [6.07, 6.45) is 1.27. The number of nitrogens with one attached hydrogen (secondary N) is 1. The van der Waals surface area contributed by atoms with Gasteiger partial charge in [0.15, 0.2) is 0 Å². The molecule has 2 aromatic carbocycles. The van der Waals surface area contributed by atoms with E-state index in [0.717, 1.165) is 28.9 Å². The molecule has 0 bridgehead atoms. The molecule has 1 heterocycles. The Morgan fingerprint density at radius 2 is 1.96 bits per heavy atom. The van der Waals surface area contributed by atoms with Crippen LogP contribution in [0.2, 0.25) is 0 Å². The zero-order valence-corrected chi connectivity index (χ0v) is 16.6. The molecule has 27 heavy (non-hydrogen) atoms. The average Bonchev–Trinajstić information content (AvgIpc) is 3.05. The third-order valence-electron chi connectivity index (χ3n) is 5.51. The van der Waals surface area contributed by atoms with E-state index in [2.05, 4.69) is 25.2 Å². The molecule has 1 saturated heterocycles. The summed E-state index contributed by atoms with van der Waals surface area (Å²) in [5, 5.41) is 3.00. The van der Waals surface area contributed by atoms with Gasteiger partial charge in [-0.05, 0) is 49.4 Å². The number of carbonyl (C=O) groups excluding carboxylic acids is 2. The van der Waals surface area contributed by atoms with Crippen LogP contribution < -0.4 is 10.2 Å². The van der Waals surface area contributed by atoms with Gasteiger partial charge in [-0.25, -0.2) is 0 Å². The topological polar surface area (TPSA) is 49.4 Å². The molecule has 0 saturated carbocycles. The van der Waals surface area contributed by atoms with Gasteiger partial charge in [0.05, 0.1) is 5.92 Å². The maximum atomic E-state index is 12.8. The molecule has 2 amide bonds. The molecule has 1 N–H and O–H groups in total. The van der Waals surface area contributed by atoms with E-state index in [1.807, 2.05) is 50.2 Å². The number of hydrogen-bond acceptors (Lipinski definition) is 2. The van der Waals surface area contributed by atoms with Crippen molar-refractivity contribution >= 4 is 23.2 Å². The van der Waals surface area contributed by atoms with Crippen molar-refractivity contribution in [1.82, 2.24) is 0 Å². The van der Waals surface area contributed by atoms with Gasteiger partial charge in [-0.15, -0.1) is 0 Å². The van der Waals surface area contributed by atoms with Gasteiger partial charge >= 0.3 is 0 Å². The maximum absolute atomic E-state index is 12.8. The lowest BCUT2D eigenvalue weighted by atomic mass is 9.96. The predicted octanol–water partition coefficient (Wildman–Crippen LogP) is 4.81. The molecule has 0 radical (unpaired) electrons. The van der Waals surface area contributed by atoms with E-state index < -0.39 is 0 Å². The van der Waals surface area contributed by atoms with E-state index in [4.69, 9.17) is 0 Å². The molecule has 1 aliphatic heterocycles. The first-order chi connectivity index (χ1) is 12.9. The first-order valence-corrected chi connectivity index (χ1v) is 9.68. The van der Waals surface area contributed by atoms with Crippen molar-refractivity contribution in [2.45, 2.75) is 46.5 Å². The van der Waals surface area contributed by atoms with Crippen molar-refractivity contribution in [3.05, 3.63) is 59.2 Å². The number of amides is 2. The molecule has 2 atom stereocenters. The zero-order valence-electron chi connectivity index (χ0n) is 16.6. The normalized spacial score (nSPS) is 17.9. The first-order valence-electron chi connectivity index (χ1n) is 9.68. The molecule has 142 valence electrons. The fourth-order valence-corrected chi connectivity index (χ4v) is 3.67. The van der Waals surface area contributed by atoms with Gasteiger partial charge < -0.3 is 10.2 Å². The molecular weight excluding hydrogens is 336 g/mol. The van der Waals surface area contributed by atoms with E-state index in [1.165, 1.54) is 5.56 Å². The lowest BCUT2D eigenvalue weighted by molar-refractivity contribution is -0.122. The summed E-state index contributed by atoms with van der Waals surface area (Å²) >= 11 is 0. The van der Waals surface area contributed by atoms with Gasteiger partial charge in [0, 0.05) is 24.3 Å². The number of carbonyl (C=O) groups is 2. The number of nitrogens with zero attached hydrogens (tertiary/aromatic N) is 1. The second-order valence-corrected chi connectivity index (χ2v) is 7.58. The van der Waals surface area contributed by atoms with Crippen LogP contribution >= 0.6 is 0 Å². The van der Waals surface area contributed by atoms with Crippen LogP contribution in [0.4, 0.5) is 11.4 Å². The van der Waals surface area contributed by atoms with Gasteiger partial charge in [0.2, 0.25) is 11.8 Å². The van der Waals surface area contributed by atoms with Gasteiger partial charge in [0.1, 0.15) is 0 Å². The number of rotatable bonds is 5. The van der Waals surface area contributed by atoms with Crippen LogP contribution in [-0.4, -0.2) is 18.4 Å². The molecule has 1 fully saturated rings. The second kappa shape index (κ2) is 7.95. The van der Waals surface area contributed by atoms with Crippen LogP contribution in [0.1, 0.15) is 49.3 Å². The van der Waals surface area contributed by atoms with Crippen LogP contribution in [0.15, 0.2) is 42.5 Å². The number of hydrogen-bond donors (Lipinski definition) is 1. The number of aryl methyl sites for hydroxylation is 2. The summed E-state index contributed by atoms with van der Waals surface area (Å²) in [5.41, 5.74) is 5.12. The Bertz CT molecular complexity index is 859. The Morgan fingerprint density at radius 3 is 2.67 bits per heavy atom. The van der Waals surface area contributed by atoms with Gasteiger partial charge in [-0.1, -0.05) is 49.7 Å². The molecule has 0 spiro atoms. The lowest BCUT2D eigenvalue weighted by Gasteiger charge is -2.23. The average molecular weight is 364 g/mol. The zero-order chi connectivity index (χ0) is 19.6. The highest BCUT2D eigenvalue weighted by atomic mass is 16.2. The summed E-state index contributed by atoms with van der Waals surface area (Å²) in [6, 6.07) is 14.0. The Balaban J connectivity index is 1.77. The summed E-state index contributed by atoms with van der Waals surface area (Å²) in [6.45, 7) is 8.76. The number of para-hydroxylation sites is 1. The van der Waals surface area contributed by atoms with E-state index in [9.17, 15) is 9.59 Å². The summed E-state index contributed by atoms with van der Waals surface area (Å²) in [7, 11) is 0. The van der Waals surface area contributed by atoms with Gasteiger partial charge in [0.25, 0.3) is 0 Å². The minimum Gasteiger partial charge on any atom is -0.326 e. The Hall–Kier alpha value is -2.62. The molecule has 0 aliphatic carbocycles. The minimum absolute atomic E-state index is 0.0199. The SMILES string of the molecule is CC[C@H](C)c1ccccc1N1C[C@H](C(=O)Nc2ccc(C)cc2C)CC1=O. The Kier molecular flexibility index (Phi) is 5.64. The van der Waals surface area contributed by atoms with E-state index >= 15 is 0 Å². The second-order valence-electron chi connectivity index (χ2n) is 7.58. The van der Waals surface area contributed by atoms with E-state index in [1.54, 1.807) is 4.90 Å². The molecule has 1 aliphatic rings. The molecule has 2 aromatic rings. The summed E-state index contributed by atoms with van der Waals surface area (Å²) in [5.74, 6) is -0.0226. The third-order valence-corrected chi connectivity index (χ3v) is 5.51. The monoisotopic (exact) mass is 364 g/mol. The minimum atomic E-state index is -0.330. The summed E-state index contributed by atoms with van der Waals surface area (Å²) in [4.78, 5) is 27.2. The highest BCUT2D eigenvalue weighted by Crippen LogP contribution is 2.33. The van der Waals surface area contributed by atoms with Crippen molar-refractivity contribution in [3.63, 3.8) is 0 Å². The molecule has 4 nitrogen and oxygen atoms in total. The van der Waals surface area contributed by atoms with Crippen LogP contribution in [0.3, 0.4) is 0 Å².